The molecular weight excluding hydrogens is 393 g/mol. The molecule has 160 valence electrons. The summed E-state index contributed by atoms with van der Waals surface area (Å²) in [4.78, 5) is 35.3. The average Bonchev–Trinajstić information content (AvgIpc) is 3.55. The number of nitrogens with zero attached hydrogens (tertiary/aromatic N) is 4. The molecule has 1 atom stereocenters. The van der Waals surface area contributed by atoms with Crippen LogP contribution in [0.3, 0.4) is 0 Å². The number of carbonyl (C=O) groups is 1. The van der Waals surface area contributed by atoms with Crippen molar-refractivity contribution < 1.29 is 19.1 Å². The van der Waals surface area contributed by atoms with E-state index in [2.05, 4.69) is 10.1 Å². The van der Waals surface area contributed by atoms with Crippen LogP contribution in [0.2, 0.25) is 0 Å². The summed E-state index contributed by atoms with van der Waals surface area (Å²) in [5, 5.41) is 13.4. The number of piperidine rings is 1. The van der Waals surface area contributed by atoms with Crippen LogP contribution in [0.25, 0.3) is 11.0 Å². The zero-order valence-electron chi connectivity index (χ0n) is 16.9. The second kappa shape index (κ2) is 7.35. The molecule has 1 aliphatic carbocycles. The molecule has 10 heteroatoms. The standard InChI is InChI=1S/C20H24FN5O4/c1-20(9-22)10-25(6-5-15(20)24-30-2)18-14(21)7-12-16(27)13(19(28)29)8-26(11-3-4-11)17(12)23-18/h7-8,11H,3-6,9-10,22H2,1-2H3,(H,28,29). The second-order valence-corrected chi connectivity index (χ2v) is 8.14. The van der Waals surface area contributed by atoms with Crippen LogP contribution >= 0.6 is 0 Å². The Morgan fingerprint density at radius 2 is 2.23 bits per heavy atom. The van der Waals surface area contributed by atoms with Crippen molar-refractivity contribution in [3.63, 3.8) is 0 Å². The lowest BCUT2D eigenvalue weighted by Gasteiger charge is -2.41. The van der Waals surface area contributed by atoms with Gasteiger partial charge in [-0.2, -0.15) is 0 Å². The predicted octanol–water partition coefficient (Wildman–Crippen LogP) is 1.75. The Morgan fingerprint density at radius 1 is 1.50 bits per heavy atom. The summed E-state index contributed by atoms with van der Waals surface area (Å²) in [6.45, 7) is 3.10. The number of pyridine rings is 2. The molecule has 3 N–H and O–H groups in total. The van der Waals surface area contributed by atoms with E-state index in [-0.39, 0.29) is 22.8 Å². The number of hydrogen-bond acceptors (Lipinski definition) is 7. The van der Waals surface area contributed by atoms with E-state index in [0.29, 0.717) is 31.7 Å². The van der Waals surface area contributed by atoms with E-state index in [9.17, 15) is 14.7 Å². The molecule has 30 heavy (non-hydrogen) atoms. The average molecular weight is 417 g/mol. The zero-order valence-corrected chi connectivity index (χ0v) is 16.9. The third-order valence-electron chi connectivity index (χ3n) is 5.92. The molecule has 1 saturated carbocycles. The van der Waals surface area contributed by atoms with Gasteiger partial charge in [-0.15, -0.1) is 0 Å². The van der Waals surface area contributed by atoms with Gasteiger partial charge in [0.1, 0.15) is 18.3 Å². The van der Waals surface area contributed by atoms with Crippen molar-refractivity contribution in [1.29, 1.82) is 0 Å². The van der Waals surface area contributed by atoms with Gasteiger partial charge in [-0.25, -0.2) is 14.2 Å². The van der Waals surface area contributed by atoms with Crippen molar-refractivity contribution in [3.05, 3.63) is 33.9 Å². The van der Waals surface area contributed by atoms with Gasteiger partial charge in [0.25, 0.3) is 0 Å². The minimum absolute atomic E-state index is 0.0247. The molecule has 1 unspecified atom stereocenters. The number of carboxylic acid groups (broad SMARTS) is 1. The highest BCUT2D eigenvalue weighted by molar-refractivity contribution is 5.93. The summed E-state index contributed by atoms with van der Waals surface area (Å²) >= 11 is 0. The van der Waals surface area contributed by atoms with E-state index in [0.717, 1.165) is 24.6 Å². The van der Waals surface area contributed by atoms with Crippen LogP contribution in [0.1, 0.15) is 42.6 Å². The molecule has 4 rings (SSSR count). The predicted molar refractivity (Wildman–Crippen MR) is 110 cm³/mol. The van der Waals surface area contributed by atoms with E-state index in [4.69, 9.17) is 10.6 Å². The Hall–Kier alpha value is -3.01. The second-order valence-electron chi connectivity index (χ2n) is 8.14. The summed E-state index contributed by atoms with van der Waals surface area (Å²) in [6.07, 6.45) is 3.57. The summed E-state index contributed by atoms with van der Waals surface area (Å²) in [5.74, 6) is -1.88. The first-order valence-electron chi connectivity index (χ1n) is 9.83. The highest BCUT2D eigenvalue weighted by Gasteiger charge is 2.38. The fraction of sp³-hybridized carbons (Fsp3) is 0.500. The molecule has 2 fully saturated rings. The van der Waals surface area contributed by atoms with E-state index < -0.39 is 22.6 Å². The Labute approximate surface area is 171 Å². The molecule has 1 aliphatic heterocycles. The van der Waals surface area contributed by atoms with Gasteiger partial charge in [0.05, 0.1) is 11.1 Å². The van der Waals surface area contributed by atoms with Gasteiger partial charge >= 0.3 is 5.97 Å². The number of oxime groups is 1. The van der Waals surface area contributed by atoms with Gasteiger partial charge in [-0.05, 0) is 18.9 Å². The number of rotatable bonds is 5. The van der Waals surface area contributed by atoms with E-state index in [1.54, 1.807) is 9.47 Å². The van der Waals surface area contributed by atoms with E-state index in [1.165, 1.54) is 13.3 Å². The Balaban J connectivity index is 1.83. The van der Waals surface area contributed by atoms with Crippen molar-refractivity contribution in [3.8, 4) is 0 Å². The fourth-order valence-electron chi connectivity index (χ4n) is 4.01. The lowest BCUT2D eigenvalue weighted by molar-refractivity contribution is 0.0695. The quantitative estimate of drug-likeness (QED) is 0.711. The number of aromatic carboxylic acids is 1. The number of hydrogen-bond donors (Lipinski definition) is 2. The monoisotopic (exact) mass is 417 g/mol. The maximum atomic E-state index is 15.1. The minimum Gasteiger partial charge on any atom is -0.477 e. The van der Waals surface area contributed by atoms with Gasteiger partial charge in [-0.3, -0.25) is 4.79 Å². The van der Waals surface area contributed by atoms with Crippen molar-refractivity contribution in [2.24, 2.45) is 16.3 Å². The number of carboxylic acids is 1. The van der Waals surface area contributed by atoms with Crippen LogP contribution in [-0.4, -0.2) is 53.1 Å². The maximum absolute atomic E-state index is 15.1. The molecule has 0 bridgehead atoms. The summed E-state index contributed by atoms with van der Waals surface area (Å²) in [7, 11) is 1.48. The molecule has 9 nitrogen and oxygen atoms in total. The number of halogens is 1. The first-order chi connectivity index (χ1) is 14.3. The zero-order chi connectivity index (χ0) is 21.6. The number of anilines is 1. The molecule has 2 aromatic rings. The Bertz CT molecular complexity index is 1110. The lowest BCUT2D eigenvalue weighted by atomic mass is 9.80. The van der Waals surface area contributed by atoms with Crippen molar-refractivity contribution in [2.45, 2.75) is 32.2 Å². The van der Waals surface area contributed by atoms with Crippen molar-refractivity contribution in [2.75, 3.05) is 31.6 Å². The number of nitrogens with two attached hydrogens (primary N) is 1. The van der Waals surface area contributed by atoms with Crippen LogP contribution in [0.4, 0.5) is 10.2 Å². The van der Waals surface area contributed by atoms with Crippen LogP contribution in [-0.2, 0) is 4.84 Å². The maximum Gasteiger partial charge on any atom is 0.341 e. The van der Waals surface area contributed by atoms with Crippen LogP contribution < -0.4 is 16.1 Å². The van der Waals surface area contributed by atoms with E-state index >= 15 is 4.39 Å². The molecule has 0 spiro atoms. The van der Waals surface area contributed by atoms with Crippen LogP contribution in [0.5, 0.6) is 0 Å². The normalized spacial score (nSPS) is 23.2. The van der Waals surface area contributed by atoms with E-state index in [1.807, 2.05) is 6.92 Å². The molecule has 0 amide bonds. The summed E-state index contributed by atoms with van der Waals surface area (Å²) in [6, 6.07) is 1.16. The SMILES string of the molecule is CON=C1CCN(c2nc3c(cc2F)c(=O)c(C(=O)O)cn3C2CC2)CC1(C)CN. The minimum atomic E-state index is -1.33. The molecule has 0 aromatic carbocycles. The molecular formula is C20H24FN5O4. The fourth-order valence-corrected chi connectivity index (χ4v) is 4.01. The smallest absolute Gasteiger partial charge is 0.341 e. The van der Waals surface area contributed by atoms with Crippen LogP contribution in [0.15, 0.2) is 22.2 Å². The molecule has 2 aromatic heterocycles. The third-order valence-corrected chi connectivity index (χ3v) is 5.92. The molecule has 2 aliphatic rings. The molecule has 1 saturated heterocycles. The first-order valence-corrected chi connectivity index (χ1v) is 9.83. The van der Waals surface area contributed by atoms with Gasteiger partial charge in [0, 0.05) is 43.7 Å². The summed E-state index contributed by atoms with van der Waals surface area (Å²) < 4.78 is 16.8. The van der Waals surface area contributed by atoms with Crippen molar-refractivity contribution >= 4 is 28.5 Å². The van der Waals surface area contributed by atoms with Gasteiger partial charge in [0.2, 0.25) is 5.43 Å². The topological polar surface area (TPSA) is 123 Å². The largest absolute Gasteiger partial charge is 0.477 e. The Kier molecular flexibility index (Phi) is 4.97. The molecule has 0 radical (unpaired) electrons. The van der Waals surface area contributed by atoms with Crippen molar-refractivity contribution in [1.82, 2.24) is 9.55 Å². The number of aromatic nitrogens is 2. The first kappa shape index (κ1) is 20.3. The lowest BCUT2D eigenvalue weighted by Crippen LogP contribution is -2.52. The van der Waals surface area contributed by atoms with Gasteiger partial charge in [0.15, 0.2) is 11.6 Å². The summed E-state index contributed by atoms with van der Waals surface area (Å²) in [5.41, 5.74) is 5.48. The third kappa shape index (κ3) is 3.30. The Morgan fingerprint density at radius 3 is 2.83 bits per heavy atom. The number of fused-ring (bicyclic) bond motifs is 1. The van der Waals surface area contributed by atoms with Gasteiger partial charge < -0.3 is 25.1 Å². The van der Waals surface area contributed by atoms with Gasteiger partial charge in [-0.1, -0.05) is 12.1 Å². The highest BCUT2D eigenvalue weighted by Crippen LogP contribution is 2.38. The van der Waals surface area contributed by atoms with Crippen LogP contribution in [0, 0.1) is 11.2 Å². The molecule has 3 heterocycles. The highest BCUT2D eigenvalue weighted by atomic mass is 19.1.